The highest BCUT2D eigenvalue weighted by atomic mass is 32.1. The van der Waals surface area contributed by atoms with Crippen molar-refractivity contribution in [3.63, 3.8) is 0 Å². The summed E-state index contributed by atoms with van der Waals surface area (Å²) in [6.45, 7) is 10.2. The molecule has 3 heterocycles. The Hall–Kier alpha value is -1.17. The minimum absolute atomic E-state index is 0.0399. The number of amides is 1. The van der Waals surface area contributed by atoms with Crippen molar-refractivity contribution in [1.82, 2.24) is 15.1 Å². The van der Waals surface area contributed by atoms with Gasteiger partial charge in [0.05, 0.1) is 5.92 Å². The fourth-order valence-corrected chi connectivity index (χ4v) is 5.39. The molecule has 0 N–H and O–H groups in total. The fraction of sp³-hybridized carbons (Fsp3) is 0.833. The highest BCUT2D eigenvalue weighted by Crippen LogP contribution is 2.39. The number of carbonyl (C=O) groups excluding carboxylic acids is 1. The molecule has 4 rings (SSSR count). The zero-order valence-electron chi connectivity index (χ0n) is 15.0. The minimum Gasteiger partial charge on any atom is -0.346 e. The molecule has 24 heavy (non-hydrogen) atoms. The van der Waals surface area contributed by atoms with Crippen molar-refractivity contribution in [2.45, 2.75) is 51.9 Å². The molecule has 1 aromatic heterocycles. The number of nitrogens with zero attached hydrogens (tertiary/aromatic N) is 4. The number of fused-ring (bicyclic) bond motifs is 1. The van der Waals surface area contributed by atoms with Gasteiger partial charge in [-0.1, -0.05) is 38.5 Å². The normalized spacial score (nSPS) is 30.2. The molecule has 1 amide bonds. The van der Waals surface area contributed by atoms with E-state index in [0.717, 1.165) is 54.6 Å². The summed E-state index contributed by atoms with van der Waals surface area (Å²) in [6.07, 6.45) is 4.97. The summed E-state index contributed by atoms with van der Waals surface area (Å²) in [5.74, 6) is 2.09. The smallest absolute Gasteiger partial charge is 0.227 e. The van der Waals surface area contributed by atoms with Crippen molar-refractivity contribution in [3.05, 3.63) is 5.01 Å². The van der Waals surface area contributed by atoms with E-state index in [1.165, 1.54) is 19.3 Å². The second-order valence-electron chi connectivity index (χ2n) is 8.77. The molecule has 3 aliphatic rings. The van der Waals surface area contributed by atoms with Crippen LogP contribution in [0.4, 0.5) is 5.13 Å². The predicted molar refractivity (Wildman–Crippen MR) is 96.3 cm³/mol. The molecule has 1 saturated carbocycles. The van der Waals surface area contributed by atoms with Crippen LogP contribution in [0.2, 0.25) is 0 Å². The number of aromatic nitrogens is 2. The summed E-state index contributed by atoms with van der Waals surface area (Å²) >= 11 is 1.68. The molecule has 3 unspecified atom stereocenters. The van der Waals surface area contributed by atoms with E-state index in [9.17, 15) is 4.79 Å². The maximum atomic E-state index is 12.9. The van der Waals surface area contributed by atoms with E-state index in [4.69, 9.17) is 0 Å². The Morgan fingerprint density at radius 3 is 2.42 bits per heavy atom. The highest BCUT2D eigenvalue weighted by Gasteiger charge is 2.41. The lowest BCUT2D eigenvalue weighted by atomic mass is 9.98. The number of hydrogen-bond acceptors (Lipinski definition) is 5. The van der Waals surface area contributed by atoms with E-state index in [2.05, 4.69) is 40.8 Å². The van der Waals surface area contributed by atoms with Crippen LogP contribution in [-0.2, 0) is 10.2 Å². The second kappa shape index (κ2) is 5.97. The Morgan fingerprint density at radius 1 is 1.08 bits per heavy atom. The third-order valence-corrected chi connectivity index (χ3v) is 7.31. The van der Waals surface area contributed by atoms with Crippen LogP contribution in [0, 0.1) is 17.8 Å². The predicted octanol–water partition coefficient (Wildman–Crippen LogP) is 2.92. The van der Waals surface area contributed by atoms with Gasteiger partial charge >= 0.3 is 0 Å². The molecule has 2 aliphatic heterocycles. The summed E-state index contributed by atoms with van der Waals surface area (Å²) in [6, 6.07) is 0. The summed E-state index contributed by atoms with van der Waals surface area (Å²) in [5.41, 5.74) is 0.0399. The van der Waals surface area contributed by atoms with Crippen molar-refractivity contribution in [2.24, 2.45) is 17.8 Å². The average Bonchev–Trinajstić information content (AvgIpc) is 3.26. The van der Waals surface area contributed by atoms with Gasteiger partial charge in [0, 0.05) is 31.6 Å². The highest BCUT2D eigenvalue weighted by molar-refractivity contribution is 7.15. The number of likely N-dealkylation sites (tertiary alicyclic amines) is 1. The average molecular weight is 349 g/mol. The van der Waals surface area contributed by atoms with Gasteiger partial charge in [0.25, 0.3) is 0 Å². The number of carbonyl (C=O) groups is 1. The molecule has 0 aromatic carbocycles. The van der Waals surface area contributed by atoms with Gasteiger partial charge in [-0.25, -0.2) is 0 Å². The van der Waals surface area contributed by atoms with Crippen LogP contribution in [0.3, 0.4) is 0 Å². The van der Waals surface area contributed by atoms with Gasteiger partial charge in [0.15, 0.2) is 0 Å². The van der Waals surface area contributed by atoms with Crippen molar-refractivity contribution >= 4 is 22.4 Å². The fourth-order valence-electron chi connectivity index (χ4n) is 4.46. The Kier molecular flexibility index (Phi) is 4.06. The summed E-state index contributed by atoms with van der Waals surface area (Å²) < 4.78 is 0. The quantitative estimate of drug-likeness (QED) is 0.824. The minimum atomic E-state index is 0.0399. The first-order chi connectivity index (χ1) is 11.4. The largest absolute Gasteiger partial charge is 0.346 e. The summed E-state index contributed by atoms with van der Waals surface area (Å²) in [7, 11) is 0. The van der Waals surface area contributed by atoms with E-state index >= 15 is 0 Å². The van der Waals surface area contributed by atoms with Gasteiger partial charge in [-0.15, -0.1) is 10.2 Å². The zero-order valence-corrected chi connectivity index (χ0v) is 15.8. The molecular formula is C18H28N4OS. The molecule has 2 saturated heterocycles. The monoisotopic (exact) mass is 348 g/mol. The first kappa shape index (κ1) is 16.3. The maximum absolute atomic E-state index is 12.9. The van der Waals surface area contributed by atoms with Crippen LogP contribution in [-0.4, -0.2) is 47.2 Å². The molecule has 6 heteroatoms. The first-order valence-electron chi connectivity index (χ1n) is 9.29. The topological polar surface area (TPSA) is 49.3 Å². The lowest BCUT2D eigenvalue weighted by Gasteiger charge is -2.21. The summed E-state index contributed by atoms with van der Waals surface area (Å²) in [4.78, 5) is 17.3. The molecule has 0 spiro atoms. The lowest BCUT2D eigenvalue weighted by Crippen LogP contribution is -2.36. The molecule has 3 fully saturated rings. The van der Waals surface area contributed by atoms with Crippen LogP contribution in [0.15, 0.2) is 0 Å². The Bertz CT molecular complexity index is 611. The molecule has 0 bridgehead atoms. The molecule has 1 aromatic rings. The molecule has 0 radical (unpaired) electrons. The van der Waals surface area contributed by atoms with Crippen LogP contribution in [0.1, 0.15) is 51.5 Å². The van der Waals surface area contributed by atoms with Crippen LogP contribution in [0.25, 0.3) is 0 Å². The summed E-state index contributed by atoms with van der Waals surface area (Å²) in [5, 5.41) is 10.8. The van der Waals surface area contributed by atoms with Crippen molar-refractivity contribution in [1.29, 1.82) is 0 Å². The van der Waals surface area contributed by atoms with Gasteiger partial charge in [-0.3, -0.25) is 4.79 Å². The van der Waals surface area contributed by atoms with Crippen LogP contribution >= 0.6 is 11.3 Å². The molecule has 5 nitrogen and oxygen atoms in total. The third kappa shape index (κ3) is 2.93. The lowest BCUT2D eigenvalue weighted by molar-refractivity contribution is -0.134. The van der Waals surface area contributed by atoms with E-state index < -0.39 is 0 Å². The van der Waals surface area contributed by atoms with Gasteiger partial charge in [0.2, 0.25) is 11.0 Å². The van der Waals surface area contributed by atoms with Gasteiger partial charge < -0.3 is 9.80 Å². The van der Waals surface area contributed by atoms with Crippen LogP contribution < -0.4 is 4.90 Å². The van der Waals surface area contributed by atoms with E-state index in [1.54, 1.807) is 11.3 Å². The zero-order chi connectivity index (χ0) is 16.9. The van der Waals surface area contributed by atoms with Gasteiger partial charge in [-0.2, -0.15) is 0 Å². The first-order valence-corrected chi connectivity index (χ1v) is 10.1. The SMILES string of the molecule is CC(C)(C)c1nnc(N2CCC(C(=O)N3CC4CCCC4C3)C2)s1. The van der Waals surface area contributed by atoms with Crippen molar-refractivity contribution in [2.75, 3.05) is 31.1 Å². The van der Waals surface area contributed by atoms with E-state index in [0.29, 0.717) is 5.91 Å². The third-order valence-electron chi connectivity index (χ3n) is 5.90. The van der Waals surface area contributed by atoms with Gasteiger partial charge in [0.1, 0.15) is 5.01 Å². The molecule has 3 atom stereocenters. The Balaban J connectivity index is 1.38. The molecule has 1 aliphatic carbocycles. The van der Waals surface area contributed by atoms with Crippen molar-refractivity contribution in [3.8, 4) is 0 Å². The number of hydrogen-bond donors (Lipinski definition) is 0. The van der Waals surface area contributed by atoms with Crippen molar-refractivity contribution < 1.29 is 4.79 Å². The Morgan fingerprint density at radius 2 is 1.79 bits per heavy atom. The number of anilines is 1. The van der Waals surface area contributed by atoms with Gasteiger partial charge in [-0.05, 0) is 31.1 Å². The van der Waals surface area contributed by atoms with Crippen LogP contribution in [0.5, 0.6) is 0 Å². The standard InChI is InChI=1S/C18H28N4OS/c1-18(2,3)16-19-20-17(24-16)21-8-7-14(11-21)15(23)22-9-12-5-4-6-13(12)10-22/h12-14H,4-11H2,1-3H3. The maximum Gasteiger partial charge on any atom is 0.227 e. The second-order valence-corrected chi connectivity index (χ2v) is 9.72. The Labute approximate surface area is 148 Å². The van der Waals surface area contributed by atoms with E-state index in [1.807, 2.05) is 0 Å². The molecular weight excluding hydrogens is 320 g/mol. The number of rotatable bonds is 2. The van der Waals surface area contributed by atoms with E-state index in [-0.39, 0.29) is 11.3 Å². The molecule has 132 valence electrons.